The smallest absolute Gasteiger partial charge is 0.165 e. The van der Waals surface area contributed by atoms with Crippen molar-refractivity contribution in [1.82, 2.24) is 9.80 Å². The van der Waals surface area contributed by atoms with Gasteiger partial charge in [-0.15, -0.1) is 0 Å². The molecule has 26 heavy (non-hydrogen) atoms. The van der Waals surface area contributed by atoms with Crippen molar-refractivity contribution in [3.63, 3.8) is 0 Å². The highest BCUT2D eigenvalue weighted by molar-refractivity contribution is 5.46. The lowest BCUT2D eigenvalue weighted by Crippen LogP contribution is -2.50. The SMILES string of the molecule is COc1cccc(CN2CCC(N)C(O)C2)c1OCCN1CCOCC1. The molecule has 0 spiro atoms. The summed E-state index contributed by atoms with van der Waals surface area (Å²) in [4.78, 5) is 4.57. The Morgan fingerprint density at radius 2 is 2.04 bits per heavy atom. The van der Waals surface area contributed by atoms with Crippen molar-refractivity contribution < 1.29 is 19.3 Å². The number of benzene rings is 1. The van der Waals surface area contributed by atoms with Crippen LogP contribution in [0, 0.1) is 0 Å². The minimum Gasteiger partial charge on any atom is -0.493 e. The molecular weight excluding hydrogens is 334 g/mol. The Hall–Kier alpha value is -1.38. The van der Waals surface area contributed by atoms with E-state index in [1.807, 2.05) is 12.1 Å². The van der Waals surface area contributed by atoms with E-state index in [1.54, 1.807) is 7.11 Å². The Balaban J connectivity index is 1.61. The minimum atomic E-state index is -0.472. The van der Waals surface area contributed by atoms with Gasteiger partial charge >= 0.3 is 0 Å². The molecule has 3 rings (SSSR count). The van der Waals surface area contributed by atoms with E-state index in [9.17, 15) is 5.11 Å². The first-order valence-corrected chi connectivity index (χ1v) is 9.42. The summed E-state index contributed by atoms with van der Waals surface area (Å²) in [6.45, 7) is 7.15. The average Bonchev–Trinajstić information content (AvgIpc) is 2.66. The average molecular weight is 365 g/mol. The lowest BCUT2D eigenvalue weighted by molar-refractivity contribution is 0.0317. The number of aliphatic hydroxyl groups is 1. The molecule has 0 saturated carbocycles. The number of para-hydroxylation sites is 1. The van der Waals surface area contributed by atoms with Gasteiger partial charge < -0.3 is 25.1 Å². The molecule has 0 amide bonds. The molecule has 3 N–H and O–H groups in total. The fourth-order valence-corrected chi connectivity index (χ4v) is 3.51. The van der Waals surface area contributed by atoms with E-state index >= 15 is 0 Å². The van der Waals surface area contributed by atoms with Gasteiger partial charge in [-0.3, -0.25) is 9.80 Å². The minimum absolute atomic E-state index is 0.124. The highest BCUT2D eigenvalue weighted by atomic mass is 16.5. The van der Waals surface area contributed by atoms with Crippen LogP contribution >= 0.6 is 0 Å². The first-order chi connectivity index (χ1) is 12.7. The van der Waals surface area contributed by atoms with E-state index in [1.165, 1.54) is 0 Å². The molecule has 7 heteroatoms. The van der Waals surface area contributed by atoms with E-state index < -0.39 is 6.10 Å². The van der Waals surface area contributed by atoms with Gasteiger partial charge in [0.25, 0.3) is 0 Å². The van der Waals surface area contributed by atoms with Crippen molar-refractivity contribution >= 4 is 0 Å². The van der Waals surface area contributed by atoms with Crippen LogP contribution in [0.2, 0.25) is 0 Å². The molecule has 2 fully saturated rings. The zero-order chi connectivity index (χ0) is 18.4. The molecule has 2 aliphatic heterocycles. The van der Waals surface area contributed by atoms with Crippen molar-refractivity contribution in [2.45, 2.75) is 25.1 Å². The Morgan fingerprint density at radius 1 is 1.23 bits per heavy atom. The Labute approximate surface area is 155 Å². The molecule has 0 bridgehead atoms. The normalized spacial score (nSPS) is 25.2. The number of hydrogen-bond acceptors (Lipinski definition) is 7. The number of likely N-dealkylation sites (tertiary alicyclic amines) is 1. The van der Waals surface area contributed by atoms with Gasteiger partial charge in [-0.25, -0.2) is 0 Å². The van der Waals surface area contributed by atoms with Crippen LogP contribution in [-0.4, -0.2) is 86.7 Å². The van der Waals surface area contributed by atoms with Gasteiger partial charge in [0.1, 0.15) is 6.61 Å². The molecule has 2 saturated heterocycles. The van der Waals surface area contributed by atoms with E-state index in [2.05, 4.69) is 15.9 Å². The first-order valence-electron chi connectivity index (χ1n) is 9.42. The van der Waals surface area contributed by atoms with Crippen LogP contribution in [0.15, 0.2) is 18.2 Å². The maximum atomic E-state index is 10.0. The third-order valence-corrected chi connectivity index (χ3v) is 5.15. The van der Waals surface area contributed by atoms with Crippen LogP contribution in [0.25, 0.3) is 0 Å². The molecular formula is C19H31N3O4. The van der Waals surface area contributed by atoms with Crippen molar-refractivity contribution in [3.05, 3.63) is 23.8 Å². The summed E-state index contributed by atoms with van der Waals surface area (Å²) in [6, 6.07) is 5.85. The molecule has 2 heterocycles. The van der Waals surface area contributed by atoms with Crippen LogP contribution in [0.4, 0.5) is 0 Å². The molecule has 2 aliphatic rings. The molecule has 1 aromatic rings. The fourth-order valence-electron chi connectivity index (χ4n) is 3.51. The standard InChI is InChI=1S/C19H31N3O4/c1-24-18-4-2-3-15(13-22-6-5-16(20)17(23)14-22)19(18)26-12-9-21-7-10-25-11-8-21/h2-4,16-17,23H,5-14,20H2,1H3. The molecule has 1 aromatic carbocycles. The predicted octanol–water partition coefficient (Wildman–Crippen LogP) is 0.300. The summed E-state index contributed by atoms with van der Waals surface area (Å²) < 4.78 is 17.0. The zero-order valence-corrected chi connectivity index (χ0v) is 15.6. The van der Waals surface area contributed by atoms with Gasteiger partial charge in [-0.05, 0) is 12.5 Å². The highest BCUT2D eigenvalue weighted by Crippen LogP contribution is 2.32. The lowest BCUT2D eigenvalue weighted by Gasteiger charge is -2.34. The molecule has 0 aromatic heterocycles. The van der Waals surface area contributed by atoms with Gasteiger partial charge in [0.05, 0.1) is 26.4 Å². The molecule has 0 radical (unpaired) electrons. The summed E-state index contributed by atoms with van der Waals surface area (Å²) in [6.07, 6.45) is 0.332. The van der Waals surface area contributed by atoms with Crippen molar-refractivity contribution in [1.29, 1.82) is 0 Å². The zero-order valence-electron chi connectivity index (χ0n) is 15.6. The van der Waals surface area contributed by atoms with E-state index in [4.69, 9.17) is 19.9 Å². The molecule has 2 unspecified atom stereocenters. The highest BCUT2D eigenvalue weighted by Gasteiger charge is 2.25. The number of hydrogen-bond donors (Lipinski definition) is 2. The topological polar surface area (TPSA) is 80.4 Å². The van der Waals surface area contributed by atoms with Crippen LogP contribution in [0.3, 0.4) is 0 Å². The maximum Gasteiger partial charge on any atom is 0.165 e. The summed E-state index contributed by atoms with van der Waals surface area (Å²) in [5, 5.41) is 10.0. The molecule has 7 nitrogen and oxygen atoms in total. The quantitative estimate of drug-likeness (QED) is 0.719. The summed E-state index contributed by atoms with van der Waals surface area (Å²) in [7, 11) is 1.66. The van der Waals surface area contributed by atoms with Crippen LogP contribution in [-0.2, 0) is 11.3 Å². The van der Waals surface area contributed by atoms with E-state index in [0.717, 1.165) is 62.9 Å². The largest absolute Gasteiger partial charge is 0.493 e. The predicted molar refractivity (Wildman–Crippen MR) is 99.6 cm³/mol. The second-order valence-electron chi connectivity index (χ2n) is 7.01. The summed E-state index contributed by atoms with van der Waals surface area (Å²) in [5.41, 5.74) is 6.99. The van der Waals surface area contributed by atoms with E-state index in [0.29, 0.717) is 19.7 Å². The number of β-amino-alcohol motifs (C(OH)–C–C–N with tert-alkyl or cyclic N) is 1. The van der Waals surface area contributed by atoms with Crippen molar-refractivity contribution in [2.75, 3.05) is 59.7 Å². The van der Waals surface area contributed by atoms with Crippen LogP contribution in [0.1, 0.15) is 12.0 Å². The van der Waals surface area contributed by atoms with E-state index in [-0.39, 0.29) is 6.04 Å². The Bertz CT molecular complexity index is 566. The fraction of sp³-hybridized carbons (Fsp3) is 0.684. The van der Waals surface area contributed by atoms with Crippen molar-refractivity contribution in [2.24, 2.45) is 5.73 Å². The lowest BCUT2D eigenvalue weighted by atomic mass is 10.0. The first kappa shape index (κ1) is 19.4. The van der Waals surface area contributed by atoms with Crippen LogP contribution < -0.4 is 15.2 Å². The molecule has 2 atom stereocenters. The summed E-state index contributed by atoms with van der Waals surface area (Å²) in [5.74, 6) is 1.55. The third-order valence-electron chi connectivity index (χ3n) is 5.15. The third kappa shape index (κ3) is 5.08. The van der Waals surface area contributed by atoms with Gasteiger partial charge in [-0.1, -0.05) is 12.1 Å². The van der Waals surface area contributed by atoms with Gasteiger partial charge in [-0.2, -0.15) is 0 Å². The monoisotopic (exact) mass is 365 g/mol. The number of piperidine rings is 1. The van der Waals surface area contributed by atoms with Crippen LogP contribution in [0.5, 0.6) is 11.5 Å². The number of ether oxygens (including phenoxy) is 3. The number of nitrogens with two attached hydrogens (primary N) is 1. The molecule has 146 valence electrons. The number of nitrogens with zero attached hydrogens (tertiary/aromatic N) is 2. The summed E-state index contributed by atoms with van der Waals surface area (Å²) >= 11 is 0. The number of methoxy groups -OCH3 is 1. The van der Waals surface area contributed by atoms with Gasteiger partial charge in [0, 0.05) is 50.9 Å². The molecule has 0 aliphatic carbocycles. The Morgan fingerprint density at radius 3 is 2.77 bits per heavy atom. The van der Waals surface area contributed by atoms with Gasteiger partial charge in [0.15, 0.2) is 11.5 Å². The second kappa shape index (κ2) is 9.53. The maximum absolute atomic E-state index is 10.0. The van der Waals surface area contributed by atoms with Gasteiger partial charge in [0.2, 0.25) is 0 Å². The van der Waals surface area contributed by atoms with Crippen molar-refractivity contribution in [3.8, 4) is 11.5 Å². The number of aliphatic hydroxyl groups excluding tert-OH is 1. The number of morpholine rings is 1. The second-order valence-corrected chi connectivity index (χ2v) is 7.01. The Kier molecular flexibility index (Phi) is 7.10. The number of rotatable bonds is 7.